The Hall–Kier alpha value is -0.370. The molecule has 5 atom stereocenters. The van der Waals surface area contributed by atoms with Crippen molar-refractivity contribution in [2.24, 2.45) is 35.0 Å². The predicted molar refractivity (Wildman–Crippen MR) is 113 cm³/mol. The van der Waals surface area contributed by atoms with Gasteiger partial charge in [-0.1, -0.05) is 32.6 Å². The van der Waals surface area contributed by atoms with Crippen LogP contribution >= 0.6 is 0 Å². The summed E-state index contributed by atoms with van der Waals surface area (Å²) in [6, 6.07) is 0. The first-order valence-electron chi connectivity index (χ1n) is 12.8. The molecule has 2 nitrogen and oxygen atoms in total. The van der Waals surface area contributed by atoms with E-state index in [0.29, 0.717) is 12.4 Å². The lowest BCUT2D eigenvalue weighted by Crippen LogP contribution is -2.44. The monoisotopic (exact) mass is 386 g/mol. The molecule has 6 saturated carbocycles. The number of hydrogen-bond acceptors (Lipinski definition) is 2. The first-order chi connectivity index (χ1) is 13.6. The predicted octanol–water partition coefficient (Wildman–Crippen LogP) is 6.71. The maximum atomic E-state index is 13.6. The second-order valence-electron chi connectivity index (χ2n) is 11.8. The van der Waals surface area contributed by atoms with Crippen molar-refractivity contribution in [3.63, 3.8) is 0 Å². The number of carbonyl (C=O) groups excluding carboxylic acids is 1. The van der Waals surface area contributed by atoms with Gasteiger partial charge >= 0.3 is 0 Å². The van der Waals surface area contributed by atoms with Crippen LogP contribution in [0.15, 0.2) is 0 Å². The minimum Gasteiger partial charge on any atom is -0.367 e. The van der Waals surface area contributed by atoms with Crippen LogP contribution in [0.25, 0.3) is 0 Å². The third kappa shape index (κ3) is 3.72. The molecule has 6 fully saturated rings. The maximum Gasteiger partial charge on any atom is 0.164 e. The van der Waals surface area contributed by atoms with Crippen LogP contribution in [0.3, 0.4) is 0 Å². The Bertz CT molecular complexity index is 569. The molecule has 0 aromatic heterocycles. The van der Waals surface area contributed by atoms with E-state index in [0.717, 1.165) is 42.4 Å². The number of rotatable bonds is 5. The van der Waals surface area contributed by atoms with Gasteiger partial charge < -0.3 is 4.74 Å². The van der Waals surface area contributed by atoms with Crippen LogP contribution in [-0.2, 0) is 9.53 Å². The summed E-state index contributed by atoms with van der Waals surface area (Å²) in [6.07, 6.45) is 21.0. The smallest absolute Gasteiger partial charge is 0.164 e. The lowest BCUT2D eigenvalue weighted by atomic mass is 9.60. The fourth-order valence-corrected chi connectivity index (χ4v) is 8.55. The second kappa shape index (κ2) is 7.71. The van der Waals surface area contributed by atoms with Gasteiger partial charge in [-0.05, 0) is 107 Å². The minimum atomic E-state index is -0.00995. The van der Waals surface area contributed by atoms with Crippen LogP contribution in [0.2, 0.25) is 0 Å². The molecular weight excluding hydrogens is 344 g/mol. The molecule has 28 heavy (non-hydrogen) atoms. The molecule has 6 aliphatic carbocycles. The van der Waals surface area contributed by atoms with Crippen LogP contribution in [0.5, 0.6) is 0 Å². The normalized spacial score (nSPS) is 48.0. The molecular formula is C26H42O2. The van der Waals surface area contributed by atoms with Crippen molar-refractivity contribution in [3.8, 4) is 0 Å². The van der Waals surface area contributed by atoms with Crippen LogP contribution in [0, 0.1) is 35.0 Å². The fourth-order valence-electron chi connectivity index (χ4n) is 8.55. The number of Topliss-reactive ketones (excluding diaryl/α,β-unsaturated/α-hetero) is 1. The van der Waals surface area contributed by atoms with Gasteiger partial charge in [0.1, 0.15) is 6.61 Å². The lowest BCUT2D eigenvalue weighted by molar-refractivity contribution is -0.147. The number of carbonyl (C=O) groups is 1. The van der Waals surface area contributed by atoms with E-state index in [-0.39, 0.29) is 11.0 Å². The molecule has 2 heteroatoms. The Kier molecular flexibility index (Phi) is 5.39. The van der Waals surface area contributed by atoms with Gasteiger partial charge in [-0.3, -0.25) is 4.79 Å². The summed E-state index contributed by atoms with van der Waals surface area (Å²) in [7, 11) is 0. The number of fused-ring (bicyclic) bond motifs is 3. The van der Waals surface area contributed by atoms with E-state index in [2.05, 4.69) is 6.92 Å². The van der Waals surface area contributed by atoms with Crippen LogP contribution in [0.1, 0.15) is 110 Å². The van der Waals surface area contributed by atoms with Crippen molar-refractivity contribution in [3.05, 3.63) is 0 Å². The topological polar surface area (TPSA) is 26.3 Å². The zero-order valence-corrected chi connectivity index (χ0v) is 18.2. The van der Waals surface area contributed by atoms with E-state index in [9.17, 15) is 4.79 Å². The molecule has 0 amide bonds. The first kappa shape index (κ1) is 19.6. The van der Waals surface area contributed by atoms with E-state index in [1.54, 1.807) is 0 Å². The lowest BCUT2D eigenvalue weighted by Gasteiger charge is -2.45. The Labute approximate surface area is 172 Å². The van der Waals surface area contributed by atoms with E-state index in [4.69, 9.17) is 4.74 Å². The van der Waals surface area contributed by atoms with E-state index < -0.39 is 0 Å². The zero-order chi connectivity index (χ0) is 19.2. The Morgan fingerprint density at radius 2 is 1.43 bits per heavy atom. The van der Waals surface area contributed by atoms with Gasteiger partial charge in [-0.25, -0.2) is 0 Å². The van der Waals surface area contributed by atoms with Gasteiger partial charge in [0.25, 0.3) is 0 Å². The summed E-state index contributed by atoms with van der Waals surface area (Å²) in [6.45, 7) is 2.72. The molecule has 158 valence electrons. The quantitative estimate of drug-likeness (QED) is 0.525. The molecule has 6 aliphatic rings. The molecule has 0 aliphatic heterocycles. The maximum absolute atomic E-state index is 13.6. The molecule has 0 aromatic rings. The molecule has 2 unspecified atom stereocenters. The molecule has 6 bridgehead atoms. The summed E-state index contributed by atoms with van der Waals surface area (Å²) < 4.78 is 6.69. The highest BCUT2D eigenvalue weighted by Crippen LogP contribution is 2.57. The Morgan fingerprint density at radius 1 is 0.786 bits per heavy atom. The highest BCUT2D eigenvalue weighted by molar-refractivity contribution is 5.86. The van der Waals surface area contributed by atoms with Gasteiger partial charge in [0.05, 0.1) is 5.60 Å². The largest absolute Gasteiger partial charge is 0.367 e. The average Bonchev–Trinajstić information content (AvgIpc) is 3.12. The van der Waals surface area contributed by atoms with E-state index in [1.165, 1.54) is 89.9 Å². The summed E-state index contributed by atoms with van der Waals surface area (Å²) in [4.78, 5) is 13.6. The van der Waals surface area contributed by atoms with Crippen LogP contribution < -0.4 is 0 Å². The third-order valence-electron chi connectivity index (χ3n) is 9.95. The molecule has 0 spiro atoms. The third-order valence-corrected chi connectivity index (χ3v) is 9.95. The Balaban J connectivity index is 1.27. The van der Waals surface area contributed by atoms with Crippen molar-refractivity contribution in [1.29, 1.82) is 0 Å². The number of ketones is 1. The fraction of sp³-hybridized carbons (Fsp3) is 0.962. The number of hydrogen-bond donors (Lipinski definition) is 0. The van der Waals surface area contributed by atoms with Crippen LogP contribution in [0.4, 0.5) is 0 Å². The molecule has 0 saturated heterocycles. The molecule has 0 radical (unpaired) electrons. The molecule has 0 heterocycles. The van der Waals surface area contributed by atoms with Gasteiger partial charge in [0.15, 0.2) is 5.78 Å². The molecule has 0 N–H and O–H groups in total. The highest BCUT2D eigenvalue weighted by atomic mass is 16.5. The Morgan fingerprint density at radius 3 is 2.18 bits per heavy atom. The van der Waals surface area contributed by atoms with Gasteiger partial charge in [0.2, 0.25) is 0 Å². The summed E-state index contributed by atoms with van der Waals surface area (Å²) in [5.74, 6) is 4.85. The van der Waals surface area contributed by atoms with Crippen molar-refractivity contribution in [2.45, 2.75) is 115 Å². The SMILES string of the molecule is CC[C@@]1(OCC(=O)C23CCC4CC(CC(C4)C2)C3)CC[C@H]2CCCC[C@H](C2)C1. The van der Waals surface area contributed by atoms with E-state index in [1.807, 2.05) is 0 Å². The van der Waals surface area contributed by atoms with Gasteiger partial charge in [0, 0.05) is 5.41 Å². The molecule has 0 aromatic carbocycles. The summed E-state index contributed by atoms with van der Waals surface area (Å²) in [5.41, 5.74) is -0.0180. The standard InChI is InChI=1S/C26H42O2/c1-2-26(10-8-19-5-3-4-6-21(11-19)17-26)28-18-24(27)25-9-7-20-12-22(15-25)14-23(13-20)16-25/h19-23H,2-18H2,1H3/t19-,20?,21-,22?,23?,25?,26-/m1/s1. The minimum absolute atomic E-state index is 0.00807. The van der Waals surface area contributed by atoms with Crippen molar-refractivity contribution < 1.29 is 9.53 Å². The van der Waals surface area contributed by atoms with Crippen LogP contribution in [-0.4, -0.2) is 18.0 Å². The first-order valence-corrected chi connectivity index (χ1v) is 12.8. The number of ether oxygens (including phenoxy) is 1. The highest BCUT2D eigenvalue weighted by Gasteiger charge is 2.51. The van der Waals surface area contributed by atoms with Gasteiger partial charge in [-0.2, -0.15) is 0 Å². The summed E-state index contributed by atoms with van der Waals surface area (Å²) in [5, 5.41) is 0. The van der Waals surface area contributed by atoms with Crippen molar-refractivity contribution in [1.82, 2.24) is 0 Å². The summed E-state index contributed by atoms with van der Waals surface area (Å²) >= 11 is 0. The van der Waals surface area contributed by atoms with E-state index >= 15 is 0 Å². The van der Waals surface area contributed by atoms with Gasteiger partial charge in [-0.15, -0.1) is 0 Å². The zero-order valence-electron chi connectivity index (χ0n) is 18.2. The second-order valence-corrected chi connectivity index (χ2v) is 11.8. The molecule has 6 rings (SSSR count). The van der Waals surface area contributed by atoms with Crippen molar-refractivity contribution in [2.75, 3.05) is 6.61 Å². The van der Waals surface area contributed by atoms with Crippen molar-refractivity contribution >= 4 is 5.78 Å². The average molecular weight is 387 g/mol.